The van der Waals surface area contributed by atoms with E-state index in [1.807, 2.05) is 6.92 Å². The van der Waals surface area contributed by atoms with E-state index in [0.29, 0.717) is 12.2 Å². The Morgan fingerprint density at radius 3 is 2.50 bits per heavy atom. The average Bonchev–Trinajstić information content (AvgIpc) is 2.75. The smallest absolute Gasteiger partial charge is 0.159 e. The molecule has 1 heterocycles. The van der Waals surface area contributed by atoms with Gasteiger partial charge in [0.1, 0.15) is 5.60 Å². The molecule has 0 radical (unpaired) electrons. The highest BCUT2D eigenvalue weighted by atomic mass is 19.2. The standard InChI is InChI=1S/C9H8F2O/c1-9(5-12-9)6-2-3-7(10)8(11)4-6/h2-4H,5H2,1H3/t9-/m1/s1. The predicted molar refractivity (Wildman–Crippen MR) is 39.7 cm³/mol. The lowest BCUT2D eigenvalue weighted by Gasteiger charge is -2.04. The van der Waals surface area contributed by atoms with Gasteiger partial charge in [0.2, 0.25) is 0 Å². The zero-order valence-corrected chi connectivity index (χ0v) is 6.60. The molecule has 0 aliphatic carbocycles. The molecule has 64 valence electrons. The van der Waals surface area contributed by atoms with Crippen molar-refractivity contribution in [2.24, 2.45) is 0 Å². The van der Waals surface area contributed by atoms with Gasteiger partial charge in [0.05, 0.1) is 6.61 Å². The molecule has 1 saturated heterocycles. The van der Waals surface area contributed by atoms with Crippen molar-refractivity contribution in [3.05, 3.63) is 35.4 Å². The van der Waals surface area contributed by atoms with Gasteiger partial charge in [-0.2, -0.15) is 0 Å². The molecular weight excluding hydrogens is 162 g/mol. The Bertz CT molecular complexity index is 318. The van der Waals surface area contributed by atoms with E-state index in [0.717, 1.165) is 6.07 Å². The van der Waals surface area contributed by atoms with Gasteiger partial charge in [0.15, 0.2) is 11.6 Å². The van der Waals surface area contributed by atoms with Gasteiger partial charge in [-0.3, -0.25) is 0 Å². The van der Waals surface area contributed by atoms with Crippen molar-refractivity contribution in [1.29, 1.82) is 0 Å². The first-order valence-electron chi connectivity index (χ1n) is 3.71. The molecule has 0 unspecified atom stereocenters. The first-order chi connectivity index (χ1) is 5.62. The second-order valence-electron chi connectivity index (χ2n) is 3.15. The third-order valence-corrected chi connectivity index (χ3v) is 2.11. The molecule has 1 aromatic carbocycles. The maximum absolute atomic E-state index is 12.7. The molecule has 12 heavy (non-hydrogen) atoms. The number of hydrogen-bond donors (Lipinski definition) is 0. The van der Waals surface area contributed by atoms with Gasteiger partial charge in [0.25, 0.3) is 0 Å². The fraction of sp³-hybridized carbons (Fsp3) is 0.333. The number of halogens is 2. The van der Waals surface area contributed by atoms with E-state index >= 15 is 0 Å². The first-order valence-corrected chi connectivity index (χ1v) is 3.71. The Morgan fingerprint density at radius 1 is 1.33 bits per heavy atom. The van der Waals surface area contributed by atoms with Crippen LogP contribution in [-0.2, 0) is 10.3 Å². The highest BCUT2D eigenvalue weighted by Crippen LogP contribution is 2.38. The summed E-state index contributed by atoms with van der Waals surface area (Å²) < 4.78 is 30.3. The molecule has 1 aliphatic rings. The normalized spacial score (nSPS) is 27.2. The molecule has 0 spiro atoms. The van der Waals surface area contributed by atoms with E-state index in [2.05, 4.69) is 0 Å². The van der Waals surface area contributed by atoms with Gasteiger partial charge in [0, 0.05) is 0 Å². The minimum Gasteiger partial charge on any atom is -0.365 e. The monoisotopic (exact) mass is 170 g/mol. The van der Waals surface area contributed by atoms with Gasteiger partial charge in [-0.15, -0.1) is 0 Å². The van der Waals surface area contributed by atoms with Crippen LogP contribution < -0.4 is 0 Å². The van der Waals surface area contributed by atoms with Crippen LogP contribution in [0.1, 0.15) is 12.5 Å². The lowest BCUT2D eigenvalue weighted by molar-refractivity contribution is 0.328. The highest BCUT2D eigenvalue weighted by molar-refractivity contribution is 5.26. The summed E-state index contributed by atoms with van der Waals surface area (Å²) in [5.41, 5.74) is 0.315. The summed E-state index contributed by atoms with van der Waals surface area (Å²) in [4.78, 5) is 0. The molecular formula is C9H8F2O. The Kier molecular flexibility index (Phi) is 1.45. The van der Waals surface area contributed by atoms with Crippen LogP contribution in [0.2, 0.25) is 0 Å². The summed E-state index contributed by atoms with van der Waals surface area (Å²) in [5.74, 6) is -1.63. The lowest BCUT2D eigenvalue weighted by Crippen LogP contribution is -2.02. The number of epoxide rings is 1. The van der Waals surface area contributed by atoms with Crippen molar-refractivity contribution in [1.82, 2.24) is 0 Å². The van der Waals surface area contributed by atoms with Crippen LogP contribution in [0.25, 0.3) is 0 Å². The fourth-order valence-electron chi connectivity index (χ4n) is 1.10. The number of rotatable bonds is 1. The third kappa shape index (κ3) is 1.10. The highest BCUT2D eigenvalue weighted by Gasteiger charge is 2.41. The Hall–Kier alpha value is -0.960. The van der Waals surface area contributed by atoms with E-state index in [1.165, 1.54) is 6.07 Å². The average molecular weight is 170 g/mol. The molecule has 2 rings (SSSR count). The molecule has 1 fully saturated rings. The second-order valence-corrected chi connectivity index (χ2v) is 3.15. The maximum atomic E-state index is 12.7. The van der Waals surface area contributed by atoms with E-state index in [9.17, 15) is 8.78 Å². The summed E-state index contributed by atoms with van der Waals surface area (Å²) in [6, 6.07) is 3.85. The maximum Gasteiger partial charge on any atom is 0.159 e. The molecule has 0 aromatic heterocycles. The SMILES string of the molecule is C[C@]1(c2ccc(F)c(F)c2)CO1. The van der Waals surface area contributed by atoms with Crippen LogP contribution >= 0.6 is 0 Å². The van der Waals surface area contributed by atoms with Gasteiger partial charge in [-0.25, -0.2) is 8.78 Å². The largest absolute Gasteiger partial charge is 0.365 e. The predicted octanol–water partition coefficient (Wildman–Crippen LogP) is 2.21. The molecule has 0 bridgehead atoms. The lowest BCUT2D eigenvalue weighted by atomic mass is 10.0. The van der Waals surface area contributed by atoms with Crippen molar-refractivity contribution in [3.8, 4) is 0 Å². The topological polar surface area (TPSA) is 12.5 Å². The van der Waals surface area contributed by atoms with Crippen LogP contribution in [0.15, 0.2) is 18.2 Å². The van der Waals surface area contributed by atoms with Gasteiger partial charge in [-0.05, 0) is 24.6 Å². The van der Waals surface area contributed by atoms with Crippen LogP contribution in [0.3, 0.4) is 0 Å². The molecule has 1 atom stereocenters. The zero-order valence-electron chi connectivity index (χ0n) is 6.60. The Labute approximate surface area is 69.0 Å². The van der Waals surface area contributed by atoms with Gasteiger partial charge < -0.3 is 4.74 Å². The fourth-order valence-corrected chi connectivity index (χ4v) is 1.10. The van der Waals surface area contributed by atoms with Gasteiger partial charge >= 0.3 is 0 Å². The van der Waals surface area contributed by atoms with Crippen molar-refractivity contribution in [2.75, 3.05) is 6.61 Å². The van der Waals surface area contributed by atoms with E-state index < -0.39 is 11.6 Å². The van der Waals surface area contributed by atoms with Crippen molar-refractivity contribution < 1.29 is 13.5 Å². The first kappa shape index (κ1) is 7.68. The van der Waals surface area contributed by atoms with Crippen LogP contribution in [-0.4, -0.2) is 6.61 Å². The number of benzene rings is 1. The number of ether oxygens (including phenoxy) is 1. The van der Waals surface area contributed by atoms with Crippen LogP contribution in [0, 0.1) is 11.6 Å². The Morgan fingerprint density at radius 2 is 2.00 bits per heavy atom. The second kappa shape index (κ2) is 2.26. The summed E-state index contributed by atoms with van der Waals surface area (Å²) in [6.07, 6.45) is 0. The number of hydrogen-bond acceptors (Lipinski definition) is 1. The molecule has 0 N–H and O–H groups in total. The van der Waals surface area contributed by atoms with Gasteiger partial charge in [-0.1, -0.05) is 6.07 Å². The Balaban J connectivity index is 2.41. The molecule has 0 saturated carbocycles. The van der Waals surface area contributed by atoms with E-state index in [4.69, 9.17) is 4.74 Å². The third-order valence-electron chi connectivity index (χ3n) is 2.11. The zero-order chi connectivity index (χ0) is 8.77. The molecule has 3 heteroatoms. The van der Waals surface area contributed by atoms with Crippen molar-refractivity contribution in [2.45, 2.75) is 12.5 Å². The quantitative estimate of drug-likeness (QED) is 0.588. The minimum atomic E-state index is -0.817. The molecule has 0 amide bonds. The molecule has 1 aromatic rings. The van der Waals surface area contributed by atoms with Crippen molar-refractivity contribution >= 4 is 0 Å². The summed E-state index contributed by atoms with van der Waals surface area (Å²) >= 11 is 0. The van der Waals surface area contributed by atoms with Crippen molar-refractivity contribution in [3.63, 3.8) is 0 Å². The summed E-state index contributed by atoms with van der Waals surface area (Å²) in [6.45, 7) is 2.43. The minimum absolute atomic E-state index is 0.380. The van der Waals surface area contributed by atoms with Crippen LogP contribution in [0.4, 0.5) is 8.78 Å². The molecule has 1 aliphatic heterocycles. The van der Waals surface area contributed by atoms with E-state index in [-0.39, 0.29) is 5.60 Å². The van der Waals surface area contributed by atoms with Crippen LogP contribution in [0.5, 0.6) is 0 Å². The summed E-state index contributed by atoms with van der Waals surface area (Å²) in [5, 5.41) is 0. The molecule has 1 nitrogen and oxygen atoms in total. The summed E-state index contributed by atoms with van der Waals surface area (Å²) in [7, 11) is 0. The van der Waals surface area contributed by atoms with E-state index in [1.54, 1.807) is 6.07 Å².